The molecule has 22 heavy (non-hydrogen) atoms. The third kappa shape index (κ3) is 3.33. The van der Waals surface area contributed by atoms with Crippen molar-refractivity contribution in [1.29, 1.82) is 0 Å². The Morgan fingerprint density at radius 3 is 2.86 bits per heavy atom. The first-order valence-electron chi connectivity index (χ1n) is 6.99. The fraction of sp³-hybridized carbons (Fsp3) is 0.429. The molecule has 1 aromatic carbocycles. The van der Waals surface area contributed by atoms with E-state index in [1.54, 1.807) is 0 Å². The molecule has 1 unspecified atom stereocenters. The second kappa shape index (κ2) is 6.25. The molecule has 1 aliphatic heterocycles. The molecule has 1 saturated heterocycles. The summed E-state index contributed by atoms with van der Waals surface area (Å²) in [5, 5.41) is 4.05. The van der Waals surface area contributed by atoms with Gasteiger partial charge in [-0.15, -0.1) is 0 Å². The van der Waals surface area contributed by atoms with E-state index in [0.717, 1.165) is 22.0 Å². The third-order valence-electron chi connectivity index (χ3n) is 3.76. The van der Waals surface area contributed by atoms with Crippen LogP contribution in [0.25, 0.3) is 11.4 Å². The topological polar surface area (TPSA) is 76.3 Å². The fourth-order valence-corrected chi connectivity index (χ4v) is 4.14. The average molecular weight is 433 g/mol. The number of sulfonamides is 1. The average Bonchev–Trinajstić information content (AvgIpc) is 2.97. The first-order valence-corrected chi connectivity index (χ1v) is 9.91. The van der Waals surface area contributed by atoms with Crippen molar-refractivity contribution in [2.24, 2.45) is 0 Å². The Labute approximate surface area is 143 Å². The first kappa shape index (κ1) is 15.9. The molecule has 2 heterocycles. The summed E-state index contributed by atoms with van der Waals surface area (Å²) in [6.45, 7) is 0.971. The highest BCUT2D eigenvalue weighted by atomic mass is 127. The molecule has 1 aliphatic rings. The highest BCUT2D eigenvalue weighted by molar-refractivity contribution is 14.1. The molecule has 0 aliphatic carbocycles. The van der Waals surface area contributed by atoms with Crippen LogP contribution in [-0.4, -0.2) is 42.2 Å². The lowest BCUT2D eigenvalue weighted by molar-refractivity contribution is 0.266. The second-order valence-corrected chi connectivity index (χ2v) is 8.54. The van der Waals surface area contributed by atoms with Crippen molar-refractivity contribution in [1.82, 2.24) is 14.4 Å². The fourth-order valence-electron chi connectivity index (χ4n) is 2.60. The summed E-state index contributed by atoms with van der Waals surface area (Å²) in [5.74, 6) is 1.03. The Bertz CT molecular complexity index is 775. The Hall–Kier alpha value is -1.00. The first-order chi connectivity index (χ1) is 10.4. The predicted molar refractivity (Wildman–Crippen MR) is 90.8 cm³/mol. The SMILES string of the molecule is CS(=O)(=O)N1CCCC(c2nc(-c3ccccc3I)no2)C1. The molecule has 1 fully saturated rings. The number of nitrogens with zero attached hydrogens (tertiary/aromatic N) is 3. The van der Waals surface area contributed by atoms with Gasteiger partial charge in [0.1, 0.15) is 0 Å². The Morgan fingerprint density at radius 1 is 1.36 bits per heavy atom. The second-order valence-electron chi connectivity index (χ2n) is 5.40. The third-order valence-corrected chi connectivity index (χ3v) is 5.97. The zero-order valence-electron chi connectivity index (χ0n) is 12.1. The molecule has 0 radical (unpaired) electrons. The lowest BCUT2D eigenvalue weighted by Gasteiger charge is -2.28. The molecule has 8 heteroatoms. The van der Waals surface area contributed by atoms with Gasteiger partial charge in [-0.2, -0.15) is 4.98 Å². The molecular weight excluding hydrogens is 417 g/mol. The molecule has 0 N–H and O–H groups in total. The van der Waals surface area contributed by atoms with Gasteiger partial charge in [0.2, 0.25) is 21.7 Å². The maximum atomic E-state index is 11.7. The van der Waals surface area contributed by atoms with Gasteiger partial charge in [0.15, 0.2) is 0 Å². The van der Waals surface area contributed by atoms with Crippen molar-refractivity contribution >= 4 is 32.6 Å². The van der Waals surface area contributed by atoms with Gasteiger partial charge in [-0.1, -0.05) is 17.3 Å². The van der Waals surface area contributed by atoms with Gasteiger partial charge >= 0.3 is 0 Å². The van der Waals surface area contributed by atoms with Crippen molar-refractivity contribution in [3.05, 3.63) is 33.7 Å². The summed E-state index contributed by atoms with van der Waals surface area (Å²) in [6.07, 6.45) is 2.90. The molecule has 0 amide bonds. The maximum absolute atomic E-state index is 11.7. The van der Waals surface area contributed by atoms with E-state index in [4.69, 9.17) is 4.52 Å². The lowest BCUT2D eigenvalue weighted by Crippen LogP contribution is -2.38. The summed E-state index contributed by atoms with van der Waals surface area (Å²) in [5.41, 5.74) is 0.925. The van der Waals surface area contributed by atoms with Crippen LogP contribution in [0.3, 0.4) is 0 Å². The Kier molecular flexibility index (Phi) is 4.51. The molecule has 1 atom stereocenters. The largest absolute Gasteiger partial charge is 0.339 e. The van der Waals surface area contributed by atoms with Gasteiger partial charge in [-0.25, -0.2) is 12.7 Å². The standard InChI is InChI=1S/C14H16IN3O3S/c1-22(19,20)18-8-4-5-10(9-18)14-16-13(17-21-14)11-6-2-3-7-12(11)15/h2-3,6-7,10H,4-5,8-9H2,1H3. The van der Waals surface area contributed by atoms with Crippen molar-refractivity contribution in [3.8, 4) is 11.4 Å². The molecule has 1 aromatic heterocycles. The molecular formula is C14H16IN3O3S. The zero-order valence-corrected chi connectivity index (χ0v) is 15.0. The maximum Gasteiger partial charge on any atom is 0.231 e. The van der Waals surface area contributed by atoms with Crippen LogP contribution in [0, 0.1) is 3.57 Å². The van der Waals surface area contributed by atoms with Crippen LogP contribution in [0.1, 0.15) is 24.7 Å². The molecule has 0 spiro atoms. The van der Waals surface area contributed by atoms with Crippen molar-refractivity contribution in [2.75, 3.05) is 19.3 Å². The Morgan fingerprint density at radius 2 is 2.14 bits per heavy atom. The van der Waals surface area contributed by atoms with E-state index in [-0.39, 0.29) is 5.92 Å². The van der Waals surface area contributed by atoms with E-state index in [0.29, 0.717) is 24.8 Å². The highest BCUT2D eigenvalue weighted by Crippen LogP contribution is 2.29. The van der Waals surface area contributed by atoms with Gasteiger partial charge in [-0.05, 0) is 47.6 Å². The summed E-state index contributed by atoms with van der Waals surface area (Å²) in [6, 6.07) is 7.81. The van der Waals surface area contributed by atoms with Gasteiger partial charge in [0, 0.05) is 22.2 Å². The smallest absolute Gasteiger partial charge is 0.231 e. The van der Waals surface area contributed by atoms with E-state index < -0.39 is 10.0 Å². The summed E-state index contributed by atoms with van der Waals surface area (Å²) < 4.78 is 31.3. The number of rotatable bonds is 3. The van der Waals surface area contributed by atoms with Crippen molar-refractivity contribution in [2.45, 2.75) is 18.8 Å². The van der Waals surface area contributed by atoms with E-state index in [1.165, 1.54) is 10.6 Å². The van der Waals surface area contributed by atoms with Crippen LogP contribution in [0.4, 0.5) is 0 Å². The number of hydrogen-bond donors (Lipinski definition) is 0. The van der Waals surface area contributed by atoms with Gasteiger partial charge < -0.3 is 4.52 Å². The number of piperidine rings is 1. The van der Waals surface area contributed by atoms with E-state index in [9.17, 15) is 8.42 Å². The van der Waals surface area contributed by atoms with Gasteiger partial charge in [-0.3, -0.25) is 0 Å². The molecule has 118 valence electrons. The lowest BCUT2D eigenvalue weighted by atomic mass is 10.00. The van der Waals surface area contributed by atoms with Crippen LogP contribution in [0.15, 0.2) is 28.8 Å². The molecule has 0 bridgehead atoms. The van der Waals surface area contributed by atoms with Crippen LogP contribution in [-0.2, 0) is 10.0 Å². The Balaban J connectivity index is 1.84. The van der Waals surface area contributed by atoms with E-state index >= 15 is 0 Å². The van der Waals surface area contributed by atoms with Gasteiger partial charge in [0.25, 0.3) is 0 Å². The summed E-state index contributed by atoms with van der Waals surface area (Å²) >= 11 is 2.23. The quantitative estimate of drug-likeness (QED) is 0.696. The van der Waals surface area contributed by atoms with Crippen molar-refractivity contribution in [3.63, 3.8) is 0 Å². The number of aromatic nitrogens is 2. The van der Waals surface area contributed by atoms with Crippen molar-refractivity contribution < 1.29 is 12.9 Å². The molecule has 2 aromatic rings. The number of hydrogen-bond acceptors (Lipinski definition) is 5. The normalized spacial score (nSPS) is 20.2. The molecule has 3 rings (SSSR count). The number of benzene rings is 1. The van der Waals surface area contributed by atoms with Gasteiger partial charge in [0.05, 0.1) is 12.2 Å². The van der Waals surface area contributed by atoms with E-state index in [2.05, 4.69) is 32.7 Å². The van der Waals surface area contributed by atoms with Crippen LogP contribution < -0.4 is 0 Å². The predicted octanol–water partition coefficient (Wildman–Crippen LogP) is 2.48. The molecule has 6 nitrogen and oxygen atoms in total. The van der Waals surface area contributed by atoms with Crippen LogP contribution >= 0.6 is 22.6 Å². The number of halogens is 1. The zero-order chi connectivity index (χ0) is 15.7. The minimum absolute atomic E-state index is 0.0360. The van der Waals surface area contributed by atoms with Crippen LogP contribution in [0.5, 0.6) is 0 Å². The van der Waals surface area contributed by atoms with E-state index in [1.807, 2.05) is 24.3 Å². The summed E-state index contributed by atoms with van der Waals surface area (Å²) in [7, 11) is -3.18. The minimum atomic E-state index is -3.18. The highest BCUT2D eigenvalue weighted by Gasteiger charge is 2.30. The van der Waals surface area contributed by atoms with Crippen LogP contribution in [0.2, 0.25) is 0 Å². The monoisotopic (exact) mass is 433 g/mol. The molecule has 0 saturated carbocycles. The minimum Gasteiger partial charge on any atom is -0.339 e. The summed E-state index contributed by atoms with van der Waals surface area (Å²) in [4.78, 5) is 4.48.